The Morgan fingerprint density at radius 2 is 2.04 bits per heavy atom. The molecule has 0 aromatic heterocycles. The molecule has 0 radical (unpaired) electrons. The lowest BCUT2D eigenvalue weighted by molar-refractivity contribution is -0.274. The predicted molar refractivity (Wildman–Crippen MR) is 96.7 cm³/mol. The molecular formula is C18H19F3N4O2. The number of rotatable bonds is 7. The second-order valence-electron chi connectivity index (χ2n) is 5.60. The number of ether oxygens (including phenoxy) is 1. The molecule has 1 aromatic carbocycles. The Morgan fingerprint density at radius 3 is 2.59 bits per heavy atom. The molecule has 6 nitrogen and oxygen atoms in total. The molecule has 2 rings (SSSR count). The highest BCUT2D eigenvalue weighted by molar-refractivity contribution is 6.05. The summed E-state index contributed by atoms with van der Waals surface area (Å²) in [5.41, 5.74) is 7.24. The van der Waals surface area contributed by atoms with Crippen LogP contribution in [0.4, 0.5) is 18.9 Å². The molecule has 0 unspecified atom stereocenters. The molecule has 1 amide bonds. The van der Waals surface area contributed by atoms with Gasteiger partial charge in [-0.3, -0.25) is 4.79 Å². The zero-order valence-electron chi connectivity index (χ0n) is 14.6. The molecule has 0 atom stereocenters. The number of hydrogen-bond donors (Lipinski definition) is 2. The summed E-state index contributed by atoms with van der Waals surface area (Å²) in [4.78, 5) is 17.0. The van der Waals surface area contributed by atoms with Crippen molar-refractivity contribution in [3.05, 3.63) is 60.6 Å². The fourth-order valence-corrected chi connectivity index (χ4v) is 2.42. The van der Waals surface area contributed by atoms with Crippen molar-refractivity contribution >= 4 is 17.4 Å². The summed E-state index contributed by atoms with van der Waals surface area (Å²) in [5.74, 6) is -0.131. The number of allylic oxidation sites excluding steroid dienone is 1. The van der Waals surface area contributed by atoms with Crippen LogP contribution in [-0.2, 0) is 4.79 Å². The van der Waals surface area contributed by atoms with Crippen LogP contribution in [0.3, 0.4) is 0 Å². The fraction of sp³-hybridized carbons (Fsp3) is 0.222. The largest absolute Gasteiger partial charge is 0.573 e. The summed E-state index contributed by atoms with van der Waals surface area (Å²) >= 11 is 0. The third-order valence-corrected chi connectivity index (χ3v) is 3.57. The first-order chi connectivity index (χ1) is 12.7. The van der Waals surface area contributed by atoms with Gasteiger partial charge in [-0.25, -0.2) is 4.99 Å². The van der Waals surface area contributed by atoms with Gasteiger partial charge in [0.25, 0.3) is 0 Å². The molecular weight excluding hydrogens is 361 g/mol. The van der Waals surface area contributed by atoms with Gasteiger partial charge in [-0.2, -0.15) is 0 Å². The van der Waals surface area contributed by atoms with Gasteiger partial charge in [-0.1, -0.05) is 6.58 Å². The number of alkyl halides is 3. The van der Waals surface area contributed by atoms with Gasteiger partial charge in [0.15, 0.2) is 0 Å². The van der Waals surface area contributed by atoms with Crippen LogP contribution in [0.2, 0.25) is 0 Å². The molecule has 0 fully saturated rings. The van der Waals surface area contributed by atoms with Crippen LogP contribution in [0.15, 0.2) is 65.6 Å². The Bertz CT molecular complexity index is 796. The van der Waals surface area contributed by atoms with Crippen molar-refractivity contribution in [3.8, 4) is 5.75 Å². The van der Waals surface area contributed by atoms with Crippen LogP contribution in [0, 0.1) is 0 Å². The van der Waals surface area contributed by atoms with Crippen molar-refractivity contribution in [2.45, 2.75) is 19.7 Å². The number of nitrogens with zero attached hydrogens (tertiary/aromatic N) is 2. The number of nitrogens with one attached hydrogen (secondary N) is 1. The highest BCUT2D eigenvalue weighted by Gasteiger charge is 2.31. The standard InChI is InChI=1S/C18H19F3N4O2/c1-3-23-17-15(8-10-25(17)11-9-16(22)26)12(2)24-13-4-6-14(7-5-13)27-18(19,20)21/h3-8,10,24H,1,9,11H2,2H3,(H2,22,26)/b15-12+,23-17+. The molecule has 1 aromatic rings. The van der Waals surface area contributed by atoms with E-state index in [0.29, 0.717) is 18.1 Å². The van der Waals surface area contributed by atoms with E-state index >= 15 is 0 Å². The summed E-state index contributed by atoms with van der Waals surface area (Å²) in [7, 11) is 0. The highest BCUT2D eigenvalue weighted by atomic mass is 19.4. The van der Waals surface area contributed by atoms with Gasteiger partial charge in [-0.05, 0) is 37.3 Å². The van der Waals surface area contributed by atoms with Crippen molar-refractivity contribution in [1.82, 2.24) is 4.90 Å². The van der Waals surface area contributed by atoms with Crippen LogP contribution in [0.1, 0.15) is 13.3 Å². The van der Waals surface area contributed by atoms with E-state index < -0.39 is 12.3 Å². The number of amides is 1. The summed E-state index contributed by atoms with van der Waals surface area (Å²) in [6, 6.07) is 5.38. The maximum atomic E-state index is 12.2. The van der Waals surface area contributed by atoms with Crippen molar-refractivity contribution in [1.29, 1.82) is 0 Å². The van der Waals surface area contributed by atoms with Crippen molar-refractivity contribution < 1.29 is 22.7 Å². The van der Waals surface area contributed by atoms with Crippen molar-refractivity contribution in [3.63, 3.8) is 0 Å². The molecule has 27 heavy (non-hydrogen) atoms. The van der Waals surface area contributed by atoms with E-state index in [1.54, 1.807) is 18.0 Å². The van der Waals surface area contributed by atoms with Crippen LogP contribution in [0.25, 0.3) is 0 Å². The Balaban J connectivity index is 2.14. The summed E-state index contributed by atoms with van der Waals surface area (Å²) < 4.78 is 40.5. The molecule has 144 valence electrons. The zero-order valence-corrected chi connectivity index (χ0v) is 14.6. The number of carbonyl (C=O) groups excluding carboxylic acids is 1. The van der Waals surface area contributed by atoms with E-state index in [-0.39, 0.29) is 12.2 Å². The van der Waals surface area contributed by atoms with Gasteiger partial charge < -0.3 is 20.7 Å². The molecule has 0 aliphatic carbocycles. The maximum absolute atomic E-state index is 12.2. The lowest BCUT2D eigenvalue weighted by atomic mass is 10.2. The van der Waals surface area contributed by atoms with E-state index in [1.165, 1.54) is 30.5 Å². The molecule has 1 heterocycles. The monoisotopic (exact) mass is 380 g/mol. The number of halogens is 3. The van der Waals surface area contributed by atoms with E-state index in [9.17, 15) is 18.0 Å². The smallest absolute Gasteiger partial charge is 0.406 e. The average molecular weight is 380 g/mol. The second-order valence-corrected chi connectivity index (χ2v) is 5.60. The highest BCUT2D eigenvalue weighted by Crippen LogP contribution is 2.26. The van der Waals surface area contributed by atoms with Gasteiger partial charge in [0.2, 0.25) is 5.91 Å². The summed E-state index contributed by atoms with van der Waals surface area (Å²) in [5, 5.41) is 3.11. The molecule has 0 bridgehead atoms. The van der Waals surface area contributed by atoms with Crippen molar-refractivity contribution in [2.75, 3.05) is 11.9 Å². The van der Waals surface area contributed by atoms with Gasteiger partial charge in [0.1, 0.15) is 11.6 Å². The molecule has 0 saturated heterocycles. The van der Waals surface area contributed by atoms with Crippen molar-refractivity contribution in [2.24, 2.45) is 10.7 Å². The Labute approximate surface area is 154 Å². The average Bonchev–Trinajstić information content (AvgIpc) is 2.97. The molecule has 0 spiro atoms. The zero-order chi connectivity index (χ0) is 20.0. The minimum absolute atomic E-state index is 0.168. The fourth-order valence-electron chi connectivity index (χ4n) is 2.42. The first-order valence-electron chi connectivity index (χ1n) is 7.95. The number of nitrogens with two attached hydrogens (primary N) is 1. The van der Waals surface area contributed by atoms with Gasteiger partial charge in [0.05, 0.1) is 0 Å². The number of benzene rings is 1. The lowest BCUT2D eigenvalue weighted by Crippen LogP contribution is -2.27. The van der Waals surface area contributed by atoms with E-state index in [2.05, 4.69) is 21.6 Å². The molecule has 1 aliphatic rings. The first kappa shape index (κ1) is 20.1. The van der Waals surface area contributed by atoms with Crippen LogP contribution < -0.4 is 15.8 Å². The van der Waals surface area contributed by atoms with Gasteiger partial charge >= 0.3 is 6.36 Å². The lowest BCUT2D eigenvalue weighted by Gasteiger charge is -2.18. The van der Waals surface area contributed by atoms with E-state index in [4.69, 9.17) is 5.73 Å². The first-order valence-corrected chi connectivity index (χ1v) is 7.95. The topological polar surface area (TPSA) is 80.0 Å². The molecule has 1 aliphatic heterocycles. The second kappa shape index (κ2) is 8.43. The van der Waals surface area contributed by atoms with Crippen LogP contribution >= 0.6 is 0 Å². The summed E-state index contributed by atoms with van der Waals surface area (Å²) in [6.07, 6.45) is 0.405. The Hall–Kier alpha value is -3.23. The number of amidine groups is 1. The number of hydrogen-bond acceptors (Lipinski definition) is 4. The third kappa shape index (κ3) is 5.91. The van der Waals surface area contributed by atoms with Gasteiger partial charge in [0, 0.05) is 42.3 Å². The van der Waals surface area contributed by atoms with E-state index in [1.807, 2.05) is 6.08 Å². The third-order valence-electron chi connectivity index (χ3n) is 3.57. The number of aliphatic imine (C=N–C) groups is 1. The maximum Gasteiger partial charge on any atom is 0.573 e. The van der Waals surface area contributed by atoms with Crippen LogP contribution in [0.5, 0.6) is 5.75 Å². The minimum Gasteiger partial charge on any atom is -0.406 e. The number of anilines is 1. The molecule has 3 N–H and O–H groups in total. The van der Waals surface area contributed by atoms with Gasteiger partial charge in [-0.15, -0.1) is 13.2 Å². The SMILES string of the molecule is C=C/N=C1\C(=C(/C)Nc2ccc(OC(F)(F)F)cc2)C=CN1CCC(N)=O. The normalized spacial score (nSPS) is 17.2. The minimum atomic E-state index is -4.73. The number of carbonyl (C=O) groups is 1. The predicted octanol–water partition coefficient (Wildman–Crippen LogP) is 3.52. The number of primary amides is 1. The molecule has 9 heteroatoms. The van der Waals surface area contributed by atoms with Crippen LogP contribution in [-0.4, -0.2) is 29.5 Å². The molecule has 0 saturated carbocycles. The quantitative estimate of drug-likeness (QED) is 0.759. The Kier molecular flexibility index (Phi) is 6.27. The summed E-state index contributed by atoms with van der Waals surface area (Å²) in [6.45, 7) is 5.76. The Morgan fingerprint density at radius 1 is 1.37 bits per heavy atom. The van der Waals surface area contributed by atoms with E-state index in [0.717, 1.165) is 11.3 Å².